The number of nitrogens with two attached hydrogens (primary N) is 1. The zero-order valence-corrected chi connectivity index (χ0v) is 13.3. The highest BCUT2D eigenvalue weighted by Gasteiger charge is 2.31. The van der Waals surface area contributed by atoms with Gasteiger partial charge in [-0.25, -0.2) is 0 Å². The first kappa shape index (κ1) is 16.9. The average Bonchev–Trinajstić information content (AvgIpc) is 2.56. The molecule has 3 N–H and O–H groups in total. The molecule has 0 spiro atoms. The van der Waals surface area contributed by atoms with E-state index in [1.807, 2.05) is 47.1 Å². The molecule has 1 amide bonds. The summed E-state index contributed by atoms with van der Waals surface area (Å²) in [5.74, 6) is 0.119. The lowest BCUT2D eigenvalue weighted by Crippen LogP contribution is -2.48. The van der Waals surface area contributed by atoms with Gasteiger partial charge in [-0.2, -0.15) is 0 Å². The second-order valence-corrected chi connectivity index (χ2v) is 5.83. The number of carbonyl (C=O) groups is 1. The summed E-state index contributed by atoms with van der Waals surface area (Å²) >= 11 is 0. The Morgan fingerprint density at radius 1 is 1.36 bits per heavy atom. The molecule has 0 saturated carbocycles. The number of hydrogen-bond donors (Lipinski definition) is 2. The molecule has 122 valence electrons. The van der Waals surface area contributed by atoms with E-state index in [0.717, 1.165) is 38.0 Å². The van der Waals surface area contributed by atoms with Crippen LogP contribution in [0.1, 0.15) is 31.4 Å². The van der Waals surface area contributed by atoms with Crippen molar-refractivity contribution in [1.29, 1.82) is 0 Å². The van der Waals surface area contributed by atoms with E-state index < -0.39 is 0 Å². The van der Waals surface area contributed by atoms with Crippen molar-refractivity contribution >= 4 is 5.91 Å². The number of nitrogens with zero attached hydrogens (tertiary/aromatic N) is 2. The van der Waals surface area contributed by atoms with Crippen LogP contribution in [-0.4, -0.2) is 59.6 Å². The highest BCUT2D eigenvalue weighted by atomic mass is 16.3. The Hall–Kier alpha value is -1.43. The zero-order valence-electron chi connectivity index (χ0n) is 13.3. The maximum Gasteiger partial charge on any atom is 0.244 e. The number of rotatable bonds is 6. The van der Waals surface area contributed by atoms with Crippen molar-refractivity contribution in [2.24, 2.45) is 5.73 Å². The van der Waals surface area contributed by atoms with Crippen molar-refractivity contribution in [3.05, 3.63) is 35.9 Å². The van der Waals surface area contributed by atoms with Crippen LogP contribution in [0.3, 0.4) is 0 Å². The fraction of sp³-hybridized carbons (Fsp3) is 0.588. The van der Waals surface area contributed by atoms with E-state index in [1.54, 1.807) is 0 Å². The van der Waals surface area contributed by atoms with Crippen LogP contribution in [0.2, 0.25) is 0 Å². The molecule has 1 aromatic rings. The van der Waals surface area contributed by atoms with Gasteiger partial charge >= 0.3 is 0 Å². The molecule has 0 bridgehead atoms. The van der Waals surface area contributed by atoms with Crippen molar-refractivity contribution in [3.8, 4) is 0 Å². The van der Waals surface area contributed by atoms with Crippen LogP contribution in [0.15, 0.2) is 30.3 Å². The molecule has 0 aliphatic carbocycles. The van der Waals surface area contributed by atoms with E-state index in [2.05, 4.69) is 0 Å². The lowest BCUT2D eigenvalue weighted by molar-refractivity contribution is -0.138. The van der Waals surface area contributed by atoms with Crippen molar-refractivity contribution in [1.82, 2.24) is 9.80 Å². The Kier molecular flexibility index (Phi) is 6.36. The van der Waals surface area contributed by atoms with Gasteiger partial charge in [-0.05, 0) is 24.9 Å². The summed E-state index contributed by atoms with van der Waals surface area (Å²) in [6, 6.07) is 9.71. The molecule has 1 fully saturated rings. The Labute approximate surface area is 132 Å². The fourth-order valence-electron chi connectivity index (χ4n) is 3.04. The van der Waals surface area contributed by atoms with E-state index in [0.29, 0.717) is 6.54 Å². The Morgan fingerprint density at radius 3 is 2.55 bits per heavy atom. The van der Waals surface area contributed by atoms with Gasteiger partial charge in [-0.3, -0.25) is 9.69 Å². The number of likely N-dealkylation sites (N-methyl/N-ethyl adjacent to an activating group) is 1. The number of amides is 1. The van der Waals surface area contributed by atoms with Gasteiger partial charge in [0.05, 0.1) is 6.61 Å². The van der Waals surface area contributed by atoms with Crippen molar-refractivity contribution in [2.45, 2.75) is 31.8 Å². The lowest BCUT2D eigenvalue weighted by atomic mass is 10.0. The molecule has 22 heavy (non-hydrogen) atoms. The van der Waals surface area contributed by atoms with Crippen molar-refractivity contribution in [2.75, 3.05) is 32.8 Å². The van der Waals surface area contributed by atoms with E-state index in [-0.39, 0.29) is 24.6 Å². The van der Waals surface area contributed by atoms with E-state index in [4.69, 9.17) is 5.73 Å². The molecule has 1 saturated heterocycles. The summed E-state index contributed by atoms with van der Waals surface area (Å²) in [6.45, 7) is 4.73. The van der Waals surface area contributed by atoms with Gasteiger partial charge in [0.2, 0.25) is 5.91 Å². The number of benzene rings is 1. The third-order valence-electron chi connectivity index (χ3n) is 4.36. The SMILES string of the molecule is CCN(CCO)C(C(=O)N1CCC(N)CC1)c1ccccc1. The molecule has 0 aromatic heterocycles. The molecule has 2 rings (SSSR count). The topological polar surface area (TPSA) is 69.8 Å². The second-order valence-electron chi connectivity index (χ2n) is 5.83. The monoisotopic (exact) mass is 305 g/mol. The molecular formula is C17H27N3O2. The first-order valence-electron chi connectivity index (χ1n) is 8.11. The molecule has 5 nitrogen and oxygen atoms in total. The summed E-state index contributed by atoms with van der Waals surface area (Å²) in [4.78, 5) is 17.0. The normalized spacial score (nSPS) is 17.7. The minimum absolute atomic E-state index is 0.0509. The first-order chi connectivity index (χ1) is 10.7. The third kappa shape index (κ3) is 4.06. The summed E-state index contributed by atoms with van der Waals surface area (Å²) < 4.78 is 0. The largest absolute Gasteiger partial charge is 0.395 e. The highest BCUT2D eigenvalue weighted by molar-refractivity contribution is 5.83. The van der Waals surface area contributed by atoms with Gasteiger partial charge in [0.1, 0.15) is 6.04 Å². The van der Waals surface area contributed by atoms with Crippen LogP contribution >= 0.6 is 0 Å². The van der Waals surface area contributed by atoms with Crippen molar-refractivity contribution < 1.29 is 9.90 Å². The molecule has 1 aromatic carbocycles. The quantitative estimate of drug-likeness (QED) is 0.822. The van der Waals surface area contributed by atoms with Crippen LogP contribution in [-0.2, 0) is 4.79 Å². The molecule has 1 aliphatic rings. The number of likely N-dealkylation sites (tertiary alicyclic amines) is 1. The third-order valence-corrected chi connectivity index (χ3v) is 4.36. The molecule has 5 heteroatoms. The maximum absolute atomic E-state index is 13.0. The lowest BCUT2D eigenvalue weighted by Gasteiger charge is -2.37. The van der Waals surface area contributed by atoms with Crippen LogP contribution in [0, 0.1) is 0 Å². The van der Waals surface area contributed by atoms with Crippen LogP contribution < -0.4 is 5.73 Å². The molecule has 1 unspecified atom stereocenters. The minimum atomic E-state index is -0.326. The zero-order chi connectivity index (χ0) is 15.9. The number of aliphatic hydroxyl groups excluding tert-OH is 1. The summed E-state index contributed by atoms with van der Waals surface area (Å²) in [6.07, 6.45) is 1.72. The van der Waals surface area contributed by atoms with Crippen LogP contribution in [0.4, 0.5) is 0 Å². The average molecular weight is 305 g/mol. The Morgan fingerprint density at radius 2 is 2.00 bits per heavy atom. The standard InChI is InChI=1S/C17H27N3O2/c1-2-19(12-13-21)16(14-6-4-3-5-7-14)17(22)20-10-8-15(18)9-11-20/h3-7,15-16,21H,2,8-13,18H2,1H3. The summed E-state index contributed by atoms with van der Waals surface area (Å²) in [7, 11) is 0. The minimum Gasteiger partial charge on any atom is -0.395 e. The highest BCUT2D eigenvalue weighted by Crippen LogP contribution is 2.24. The molecule has 1 aliphatic heterocycles. The van der Waals surface area contributed by atoms with Gasteiger partial charge in [0.15, 0.2) is 0 Å². The summed E-state index contributed by atoms with van der Waals surface area (Å²) in [5, 5.41) is 9.31. The van der Waals surface area contributed by atoms with Gasteiger partial charge < -0.3 is 15.7 Å². The van der Waals surface area contributed by atoms with Crippen LogP contribution in [0.5, 0.6) is 0 Å². The van der Waals surface area contributed by atoms with Crippen LogP contribution in [0.25, 0.3) is 0 Å². The predicted molar refractivity (Wildman–Crippen MR) is 87.3 cm³/mol. The Bertz CT molecular complexity index is 458. The molecule has 1 atom stereocenters. The first-order valence-corrected chi connectivity index (χ1v) is 8.11. The summed E-state index contributed by atoms with van der Waals surface area (Å²) in [5.41, 5.74) is 6.92. The van der Waals surface area contributed by atoms with E-state index >= 15 is 0 Å². The molecule has 0 radical (unpaired) electrons. The molecular weight excluding hydrogens is 278 g/mol. The maximum atomic E-state index is 13.0. The predicted octanol–water partition coefficient (Wildman–Crippen LogP) is 0.992. The Balaban J connectivity index is 2.21. The van der Waals surface area contributed by atoms with E-state index in [1.165, 1.54) is 0 Å². The molecule has 1 heterocycles. The number of carbonyl (C=O) groups excluding carboxylic acids is 1. The van der Waals surface area contributed by atoms with E-state index in [9.17, 15) is 9.90 Å². The number of piperidine rings is 1. The smallest absolute Gasteiger partial charge is 0.244 e. The van der Waals surface area contributed by atoms with Crippen molar-refractivity contribution in [3.63, 3.8) is 0 Å². The number of aliphatic hydroxyl groups is 1. The number of hydrogen-bond acceptors (Lipinski definition) is 4. The second kappa shape index (κ2) is 8.27. The van der Waals surface area contributed by atoms with Gasteiger partial charge in [-0.15, -0.1) is 0 Å². The van der Waals surface area contributed by atoms with Gasteiger partial charge in [0, 0.05) is 25.7 Å². The fourth-order valence-corrected chi connectivity index (χ4v) is 3.04. The van der Waals surface area contributed by atoms with Gasteiger partial charge in [-0.1, -0.05) is 37.3 Å². The van der Waals surface area contributed by atoms with Gasteiger partial charge in [0.25, 0.3) is 0 Å².